The van der Waals surface area contributed by atoms with Gasteiger partial charge in [-0.05, 0) is 24.5 Å². The van der Waals surface area contributed by atoms with Gasteiger partial charge in [0.05, 0.1) is 18.7 Å². The van der Waals surface area contributed by atoms with Gasteiger partial charge >= 0.3 is 0 Å². The number of amides is 2. The normalized spacial score (nSPS) is 22.9. The highest BCUT2D eigenvalue weighted by Crippen LogP contribution is 2.27. The summed E-state index contributed by atoms with van der Waals surface area (Å²) < 4.78 is 0. The van der Waals surface area contributed by atoms with Gasteiger partial charge in [0.25, 0.3) is 0 Å². The van der Waals surface area contributed by atoms with Gasteiger partial charge in [-0.1, -0.05) is 18.2 Å². The van der Waals surface area contributed by atoms with E-state index < -0.39 is 12.1 Å². The summed E-state index contributed by atoms with van der Waals surface area (Å²) in [5.74, 6) is -0.334. The van der Waals surface area contributed by atoms with Gasteiger partial charge in [-0.25, -0.2) is 0 Å². The molecule has 2 aliphatic heterocycles. The monoisotopic (exact) mass is 325 g/mol. The molecule has 1 aromatic carbocycles. The van der Waals surface area contributed by atoms with Crippen LogP contribution in [0.25, 0.3) is 0 Å². The molecule has 2 aliphatic rings. The van der Waals surface area contributed by atoms with Crippen molar-refractivity contribution in [2.24, 2.45) is 0 Å². The van der Waals surface area contributed by atoms with E-state index >= 15 is 0 Å². The van der Waals surface area contributed by atoms with Crippen LogP contribution in [0.15, 0.2) is 24.3 Å². The Hall–Kier alpha value is -1.63. The number of benzene rings is 1. The molecule has 0 aliphatic carbocycles. The quantitative estimate of drug-likeness (QED) is 0.721. The van der Waals surface area contributed by atoms with Crippen molar-refractivity contribution in [2.45, 2.75) is 25.0 Å². The number of halogens is 1. The van der Waals surface area contributed by atoms with Crippen LogP contribution in [0.3, 0.4) is 0 Å². The average molecular weight is 326 g/mol. The summed E-state index contributed by atoms with van der Waals surface area (Å²) in [6.45, 7) is 1.07. The maximum Gasteiger partial charge on any atom is 0.246 e. The number of rotatable bonds is 3. The van der Waals surface area contributed by atoms with Crippen molar-refractivity contribution >= 4 is 29.9 Å². The molecule has 3 rings (SSSR count). The summed E-state index contributed by atoms with van der Waals surface area (Å²) in [7, 11) is 0. The van der Waals surface area contributed by atoms with E-state index in [0.29, 0.717) is 19.5 Å². The van der Waals surface area contributed by atoms with Crippen molar-refractivity contribution in [3.63, 3.8) is 0 Å². The van der Waals surface area contributed by atoms with Crippen LogP contribution in [0.2, 0.25) is 0 Å². The third kappa shape index (κ3) is 3.40. The van der Waals surface area contributed by atoms with Crippen LogP contribution in [0, 0.1) is 0 Å². The van der Waals surface area contributed by atoms with Crippen LogP contribution < -0.4 is 15.5 Å². The highest BCUT2D eigenvalue weighted by Gasteiger charge is 2.29. The predicted molar refractivity (Wildman–Crippen MR) is 85.2 cm³/mol. The first-order valence-corrected chi connectivity index (χ1v) is 7.22. The van der Waals surface area contributed by atoms with Gasteiger partial charge in [0, 0.05) is 18.8 Å². The number of hydrogen-bond acceptors (Lipinski definition) is 4. The van der Waals surface area contributed by atoms with Gasteiger partial charge in [0.15, 0.2) is 0 Å². The molecule has 0 spiro atoms. The summed E-state index contributed by atoms with van der Waals surface area (Å²) in [5, 5.41) is 15.0. The Balaban J connectivity index is 0.00000176. The molecule has 0 aromatic heterocycles. The van der Waals surface area contributed by atoms with Crippen LogP contribution >= 0.6 is 12.4 Å². The second-order valence-corrected chi connectivity index (χ2v) is 5.49. The minimum atomic E-state index is -0.484. The maximum absolute atomic E-state index is 12.2. The van der Waals surface area contributed by atoms with Crippen molar-refractivity contribution in [3.8, 4) is 0 Å². The van der Waals surface area contributed by atoms with E-state index in [2.05, 4.69) is 10.6 Å². The fourth-order valence-electron chi connectivity index (χ4n) is 2.90. The maximum atomic E-state index is 12.2. The van der Waals surface area contributed by atoms with Crippen molar-refractivity contribution in [1.82, 2.24) is 10.6 Å². The molecular formula is C15H20ClN3O3. The summed E-state index contributed by atoms with van der Waals surface area (Å²) in [6.07, 6.45) is 0.764. The molecule has 0 bridgehead atoms. The molecule has 0 saturated carbocycles. The third-order valence-electron chi connectivity index (χ3n) is 4.03. The Morgan fingerprint density at radius 2 is 2.14 bits per heavy atom. The first kappa shape index (κ1) is 16.7. The van der Waals surface area contributed by atoms with Crippen molar-refractivity contribution in [3.05, 3.63) is 29.8 Å². The number of fused-ring (bicyclic) bond motifs is 1. The zero-order valence-electron chi connectivity index (χ0n) is 12.1. The number of aliphatic hydroxyl groups is 1. The molecule has 7 heteroatoms. The van der Waals surface area contributed by atoms with Gasteiger partial charge < -0.3 is 20.6 Å². The van der Waals surface area contributed by atoms with Gasteiger partial charge in [-0.2, -0.15) is 0 Å². The van der Waals surface area contributed by atoms with Crippen LogP contribution in [-0.2, 0) is 16.0 Å². The number of carbonyl (C=O) groups excluding carboxylic acids is 2. The molecule has 120 valence electrons. The Morgan fingerprint density at radius 1 is 1.36 bits per heavy atom. The smallest absolute Gasteiger partial charge is 0.246 e. The van der Waals surface area contributed by atoms with Crippen LogP contribution in [0.4, 0.5) is 5.69 Å². The lowest BCUT2D eigenvalue weighted by Gasteiger charge is -2.18. The van der Waals surface area contributed by atoms with Crippen molar-refractivity contribution in [2.75, 3.05) is 24.5 Å². The van der Waals surface area contributed by atoms with Gasteiger partial charge in [0.2, 0.25) is 11.8 Å². The fraction of sp³-hybridized carbons (Fsp3) is 0.467. The molecular weight excluding hydrogens is 306 g/mol. The highest BCUT2D eigenvalue weighted by atomic mass is 35.5. The van der Waals surface area contributed by atoms with Crippen molar-refractivity contribution in [1.29, 1.82) is 0 Å². The highest BCUT2D eigenvalue weighted by molar-refractivity contribution is 5.98. The predicted octanol–water partition coefficient (Wildman–Crippen LogP) is -0.164. The van der Waals surface area contributed by atoms with Crippen molar-refractivity contribution < 1.29 is 14.7 Å². The van der Waals surface area contributed by atoms with E-state index in [1.807, 2.05) is 24.3 Å². The summed E-state index contributed by atoms with van der Waals surface area (Å²) in [4.78, 5) is 25.8. The number of hydrogen-bond donors (Lipinski definition) is 3. The number of nitrogens with one attached hydrogen (secondary N) is 2. The van der Waals surface area contributed by atoms with Crippen LogP contribution in [-0.4, -0.2) is 48.7 Å². The number of anilines is 1. The minimum absolute atomic E-state index is 0. The van der Waals surface area contributed by atoms with Crippen LogP contribution in [0.5, 0.6) is 0 Å². The zero-order valence-corrected chi connectivity index (χ0v) is 12.9. The lowest BCUT2D eigenvalue weighted by molar-refractivity contribution is -0.126. The summed E-state index contributed by atoms with van der Waals surface area (Å²) in [6, 6.07) is 7.42. The minimum Gasteiger partial charge on any atom is -0.392 e. The molecule has 3 N–H and O–H groups in total. The molecule has 1 fully saturated rings. The van der Waals surface area contributed by atoms with E-state index in [1.54, 1.807) is 4.90 Å². The molecule has 0 radical (unpaired) electrons. The molecule has 2 atom stereocenters. The second-order valence-electron chi connectivity index (χ2n) is 5.49. The Bertz CT molecular complexity index is 567. The molecule has 1 aromatic rings. The number of aliphatic hydroxyl groups excluding tert-OH is 1. The standard InChI is InChI=1S/C15H19N3O3.ClH/c19-11-7-12(16-8-11)15(21)17-9-14(20)18-6-5-10-3-1-2-4-13(10)18;/h1-4,11-12,16,19H,5-9H2,(H,17,21);1H. The largest absolute Gasteiger partial charge is 0.392 e. The lowest BCUT2D eigenvalue weighted by atomic mass is 10.2. The zero-order chi connectivity index (χ0) is 14.8. The summed E-state index contributed by atoms with van der Waals surface area (Å²) >= 11 is 0. The first-order chi connectivity index (χ1) is 10.1. The molecule has 2 amide bonds. The van der Waals surface area contributed by atoms with E-state index in [9.17, 15) is 14.7 Å². The number of para-hydroxylation sites is 1. The van der Waals surface area contributed by atoms with Gasteiger partial charge in [-0.3, -0.25) is 9.59 Å². The number of β-amino-alcohol motifs (C(OH)–C–C–N with tert-alkyl or cyclic N) is 1. The third-order valence-corrected chi connectivity index (χ3v) is 4.03. The topological polar surface area (TPSA) is 81.7 Å². The van der Waals surface area contributed by atoms with E-state index in [-0.39, 0.29) is 30.8 Å². The fourth-order valence-corrected chi connectivity index (χ4v) is 2.90. The lowest BCUT2D eigenvalue weighted by Crippen LogP contribution is -2.45. The summed E-state index contributed by atoms with van der Waals surface area (Å²) in [5.41, 5.74) is 2.10. The molecule has 2 heterocycles. The Morgan fingerprint density at radius 3 is 2.86 bits per heavy atom. The van der Waals surface area contributed by atoms with Crippen LogP contribution in [0.1, 0.15) is 12.0 Å². The molecule has 6 nitrogen and oxygen atoms in total. The Labute approximate surface area is 135 Å². The van der Waals surface area contributed by atoms with E-state index in [4.69, 9.17) is 0 Å². The first-order valence-electron chi connectivity index (χ1n) is 7.22. The SMILES string of the molecule is Cl.O=C(NCC(=O)N1CCc2ccccc21)C1CC(O)CN1. The number of carbonyl (C=O) groups is 2. The molecule has 2 unspecified atom stereocenters. The number of nitrogens with zero attached hydrogens (tertiary/aromatic N) is 1. The van der Waals surface area contributed by atoms with Gasteiger partial charge in [-0.15, -0.1) is 12.4 Å². The van der Waals surface area contributed by atoms with Gasteiger partial charge in [0.1, 0.15) is 0 Å². The second kappa shape index (κ2) is 7.09. The molecule has 22 heavy (non-hydrogen) atoms. The van der Waals surface area contributed by atoms with E-state index in [1.165, 1.54) is 0 Å². The average Bonchev–Trinajstić information content (AvgIpc) is 3.10. The Kier molecular flexibility index (Phi) is 5.39. The molecule has 1 saturated heterocycles. The van der Waals surface area contributed by atoms with E-state index in [0.717, 1.165) is 17.7 Å².